The van der Waals surface area contributed by atoms with Crippen LogP contribution in [0.3, 0.4) is 0 Å². The van der Waals surface area contributed by atoms with Gasteiger partial charge in [-0.05, 0) is 35.0 Å². The average Bonchev–Trinajstić information content (AvgIpc) is 2.86. The van der Waals surface area contributed by atoms with Crippen molar-refractivity contribution in [2.45, 2.75) is 13.5 Å². The third-order valence-electron chi connectivity index (χ3n) is 3.22. The number of nitrogens with zero attached hydrogens (tertiary/aromatic N) is 6. The Hall–Kier alpha value is -3.03. The first-order valence-electron chi connectivity index (χ1n) is 6.64. The van der Waals surface area contributed by atoms with Crippen molar-refractivity contribution in [3.63, 3.8) is 0 Å². The summed E-state index contributed by atoms with van der Waals surface area (Å²) in [4.78, 5) is 20.1. The van der Waals surface area contributed by atoms with Crippen LogP contribution in [0, 0.1) is 6.92 Å². The van der Waals surface area contributed by atoms with E-state index in [9.17, 15) is 4.79 Å². The van der Waals surface area contributed by atoms with Crippen LogP contribution in [0.2, 0.25) is 0 Å². The Kier molecular flexibility index (Phi) is 3.65. The van der Waals surface area contributed by atoms with Gasteiger partial charge in [-0.15, -0.1) is 0 Å². The van der Waals surface area contributed by atoms with E-state index in [2.05, 4.69) is 20.4 Å². The summed E-state index contributed by atoms with van der Waals surface area (Å²) in [7, 11) is 1.55. The first-order valence-corrected chi connectivity index (χ1v) is 6.64. The lowest BCUT2D eigenvalue weighted by atomic mass is 10.1. The molecule has 22 heavy (non-hydrogen) atoms. The lowest BCUT2D eigenvalue weighted by molar-refractivity contribution is 0.279. The summed E-state index contributed by atoms with van der Waals surface area (Å²) in [5.41, 5.74) is 2.13. The molecule has 0 radical (unpaired) electrons. The highest BCUT2D eigenvalue weighted by Crippen LogP contribution is 2.18. The van der Waals surface area contributed by atoms with E-state index in [0.717, 1.165) is 11.1 Å². The number of aryl methyl sites for hydroxylation is 2. The smallest absolute Gasteiger partial charge is 0.368 e. The third kappa shape index (κ3) is 2.58. The van der Waals surface area contributed by atoms with Crippen molar-refractivity contribution in [1.82, 2.24) is 29.8 Å². The Labute approximate surface area is 126 Å². The van der Waals surface area contributed by atoms with Crippen molar-refractivity contribution in [3.05, 3.63) is 58.3 Å². The average molecular weight is 298 g/mol. The minimum absolute atomic E-state index is 0.231. The minimum atomic E-state index is -0.317. The second-order valence-electron chi connectivity index (χ2n) is 4.69. The van der Waals surface area contributed by atoms with Crippen LogP contribution < -0.4 is 10.4 Å². The molecule has 0 spiro atoms. The van der Waals surface area contributed by atoms with Crippen LogP contribution in [-0.2, 0) is 13.7 Å². The highest BCUT2D eigenvalue weighted by molar-refractivity contribution is 5.44. The Balaban J connectivity index is 1.97. The highest BCUT2D eigenvalue weighted by atomic mass is 16.5. The van der Waals surface area contributed by atoms with Crippen molar-refractivity contribution >= 4 is 0 Å². The Bertz CT molecular complexity index is 840. The van der Waals surface area contributed by atoms with Crippen LogP contribution in [0.25, 0.3) is 5.69 Å². The molecule has 0 bridgehead atoms. The van der Waals surface area contributed by atoms with E-state index in [4.69, 9.17) is 4.74 Å². The Morgan fingerprint density at radius 3 is 2.59 bits per heavy atom. The zero-order chi connectivity index (χ0) is 15.5. The van der Waals surface area contributed by atoms with Crippen LogP contribution in [0.1, 0.15) is 11.1 Å². The molecule has 0 atom stereocenters. The molecule has 0 saturated heterocycles. The quantitative estimate of drug-likeness (QED) is 0.702. The monoisotopic (exact) mass is 298 g/mol. The Morgan fingerprint density at radius 2 is 1.91 bits per heavy atom. The third-order valence-corrected chi connectivity index (χ3v) is 3.22. The van der Waals surface area contributed by atoms with Gasteiger partial charge in [0.2, 0.25) is 0 Å². The lowest BCUT2D eigenvalue weighted by Crippen LogP contribution is -2.23. The number of rotatable bonds is 4. The molecule has 3 rings (SSSR count). The highest BCUT2D eigenvalue weighted by Gasteiger charge is 2.13. The number of benzene rings is 1. The van der Waals surface area contributed by atoms with Gasteiger partial charge in [-0.25, -0.2) is 14.8 Å². The molecule has 0 saturated carbocycles. The predicted molar refractivity (Wildman–Crippen MR) is 77.7 cm³/mol. The number of aromatic nitrogens is 6. The number of hydrogen-bond acceptors (Lipinski definition) is 6. The first kappa shape index (κ1) is 13.9. The van der Waals surface area contributed by atoms with Gasteiger partial charge in [-0.3, -0.25) is 0 Å². The van der Waals surface area contributed by atoms with Gasteiger partial charge in [0.15, 0.2) is 0 Å². The summed E-state index contributed by atoms with van der Waals surface area (Å²) in [6.45, 7) is 2.17. The van der Waals surface area contributed by atoms with Gasteiger partial charge in [0, 0.05) is 25.0 Å². The molecule has 0 amide bonds. The van der Waals surface area contributed by atoms with E-state index in [1.165, 1.54) is 9.36 Å². The minimum Gasteiger partial charge on any atom is -0.458 e. The van der Waals surface area contributed by atoms with Crippen molar-refractivity contribution in [2.75, 3.05) is 0 Å². The van der Waals surface area contributed by atoms with Crippen molar-refractivity contribution < 1.29 is 4.74 Å². The summed E-state index contributed by atoms with van der Waals surface area (Å²) >= 11 is 0. The van der Waals surface area contributed by atoms with Crippen LogP contribution in [-0.4, -0.2) is 29.8 Å². The molecule has 0 aliphatic rings. The summed E-state index contributed by atoms with van der Waals surface area (Å²) in [5, 5.41) is 7.61. The predicted octanol–water partition coefficient (Wildman–Crippen LogP) is 0.643. The largest absolute Gasteiger partial charge is 0.458 e. The van der Waals surface area contributed by atoms with Crippen molar-refractivity contribution in [2.24, 2.45) is 7.05 Å². The summed E-state index contributed by atoms with van der Waals surface area (Å²) in [6, 6.07) is 7.59. The van der Waals surface area contributed by atoms with Gasteiger partial charge in [-0.2, -0.15) is 9.36 Å². The molecular weight excluding hydrogens is 284 g/mol. The SMILES string of the molecule is Cc1cccc(-n2nnn(C)c2=O)c1COc1ncccn1. The zero-order valence-corrected chi connectivity index (χ0v) is 12.2. The maximum Gasteiger partial charge on any atom is 0.368 e. The molecule has 112 valence electrons. The number of hydrogen-bond donors (Lipinski definition) is 0. The zero-order valence-electron chi connectivity index (χ0n) is 12.2. The fourth-order valence-electron chi connectivity index (χ4n) is 2.03. The standard InChI is InChI=1S/C14H14N6O2/c1-10-5-3-6-12(20-14(21)19(2)17-18-20)11(10)9-22-13-15-7-4-8-16-13/h3-8H,9H2,1-2H3. The molecule has 2 heterocycles. The second kappa shape index (κ2) is 5.76. The van der Waals surface area contributed by atoms with Gasteiger partial charge in [0.05, 0.1) is 5.69 Å². The molecule has 0 N–H and O–H groups in total. The van der Waals surface area contributed by atoms with Crippen LogP contribution in [0.4, 0.5) is 0 Å². The Morgan fingerprint density at radius 1 is 1.14 bits per heavy atom. The van der Waals surface area contributed by atoms with Gasteiger partial charge in [0.1, 0.15) is 6.61 Å². The van der Waals surface area contributed by atoms with Gasteiger partial charge >= 0.3 is 11.7 Å². The first-order chi connectivity index (χ1) is 10.7. The van der Waals surface area contributed by atoms with E-state index in [1.54, 1.807) is 31.6 Å². The normalized spacial score (nSPS) is 10.6. The molecule has 1 aromatic carbocycles. The van der Waals surface area contributed by atoms with Crippen LogP contribution in [0.5, 0.6) is 6.01 Å². The van der Waals surface area contributed by atoms with Gasteiger partial charge in [-0.1, -0.05) is 12.1 Å². The maximum absolute atomic E-state index is 12.0. The van der Waals surface area contributed by atoms with E-state index in [-0.39, 0.29) is 18.3 Å². The lowest BCUT2D eigenvalue weighted by Gasteiger charge is -2.11. The molecule has 0 aliphatic carbocycles. The van der Waals surface area contributed by atoms with E-state index < -0.39 is 0 Å². The van der Waals surface area contributed by atoms with Gasteiger partial charge in [0.25, 0.3) is 0 Å². The molecular formula is C14H14N6O2. The summed E-state index contributed by atoms with van der Waals surface area (Å²) in [6.07, 6.45) is 3.21. The topological polar surface area (TPSA) is 87.7 Å². The number of tetrazole rings is 1. The maximum atomic E-state index is 12.0. The van der Waals surface area contributed by atoms with Crippen molar-refractivity contribution in [1.29, 1.82) is 0 Å². The second-order valence-corrected chi connectivity index (χ2v) is 4.69. The molecule has 0 aliphatic heterocycles. The molecule has 0 fully saturated rings. The van der Waals surface area contributed by atoms with Crippen LogP contribution >= 0.6 is 0 Å². The summed E-state index contributed by atoms with van der Waals surface area (Å²) < 4.78 is 8.01. The molecule has 2 aromatic heterocycles. The molecule has 3 aromatic rings. The fourth-order valence-corrected chi connectivity index (χ4v) is 2.03. The van der Waals surface area contributed by atoms with Gasteiger partial charge < -0.3 is 4.74 Å². The molecule has 8 nitrogen and oxygen atoms in total. The van der Waals surface area contributed by atoms with Crippen LogP contribution in [0.15, 0.2) is 41.5 Å². The summed E-state index contributed by atoms with van der Waals surface area (Å²) in [5.74, 6) is 0. The molecule has 8 heteroatoms. The van der Waals surface area contributed by atoms with E-state index >= 15 is 0 Å². The van der Waals surface area contributed by atoms with Crippen molar-refractivity contribution in [3.8, 4) is 11.7 Å². The van der Waals surface area contributed by atoms with E-state index in [0.29, 0.717) is 5.69 Å². The fraction of sp³-hybridized carbons (Fsp3) is 0.214. The molecule has 0 unspecified atom stereocenters. The van der Waals surface area contributed by atoms with E-state index in [1.807, 2.05) is 19.1 Å². The number of ether oxygens (including phenoxy) is 1.